The Balaban J connectivity index is 2.40. The van der Waals surface area contributed by atoms with Crippen molar-refractivity contribution in [2.75, 3.05) is 7.11 Å². The fourth-order valence-electron chi connectivity index (χ4n) is 1.30. The highest BCUT2D eigenvalue weighted by atomic mass is 35.5. The van der Waals surface area contributed by atoms with Crippen molar-refractivity contribution in [3.05, 3.63) is 41.2 Å². The molecule has 0 amide bonds. The second-order valence-electron chi connectivity index (χ2n) is 3.17. The van der Waals surface area contributed by atoms with Gasteiger partial charge < -0.3 is 4.74 Å². The molecule has 82 valence electrons. The molecule has 4 nitrogen and oxygen atoms in total. The number of methoxy groups -OCH3 is 1. The lowest BCUT2D eigenvalue weighted by Crippen LogP contribution is -1.97. The van der Waals surface area contributed by atoms with Crippen LogP contribution in [-0.4, -0.2) is 22.3 Å². The van der Waals surface area contributed by atoms with Crippen molar-refractivity contribution >= 4 is 11.6 Å². The molecule has 0 aliphatic carbocycles. The van der Waals surface area contributed by atoms with Crippen LogP contribution in [0.5, 0.6) is 0 Å². The Hall–Kier alpha value is -1.52. The van der Waals surface area contributed by atoms with Gasteiger partial charge in [0.2, 0.25) is 0 Å². The molecule has 0 aliphatic heterocycles. The van der Waals surface area contributed by atoms with Crippen molar-refractivity contribution < 1.29 is 4.74 Å². The molecule has 0 fully saturated rings. The van der Waals surface area contributed by atoms with Crippen molar-refractivity contribution in [1.82, 2.24) is 15.2 Å². The van der Waals surface area contributed by atoms with E-state index in [1.807, 2.05) is 18.2 Å². The lowest BCUT2D eigenvalue weighted by molar-refractivity contribution is 0.181. The van der Waals surface area contributed by atoms with E-state index in [4.69, 9.17) is 16.3 Å². The van der Waals surface area contributed by atoms with Crippen LogP contribution in [0.4, 0.5) is 0 Å². The first-order valence-corrected chi connectivity index (χ1v) is 5.11. The van der Waals surface area contributed by atoms with Crippen molar-refractivity contribution in [3.8, 4) is 11.4 Å². The van der Waals surface area contributed by atoms with Gasteiger partial charge in [-0.3, -0.25) is 0 Å². The topological polar surface area (TPSA) is 47.9 Å². The van der Waals surface area contributed by atoms with Crippen LogP contribution in [0, 0.1) is 0 Å². The first-order valence-electron chi connectivity index (χ1n) is 4.73. The largest absolute Gasteiger partial charge is 0.378 e. The monoisotopic (exact) mass is 235 g/mol. The summed E-state index contributed by atoms with van der Waals surface area (Å²) in [5.41, 5.74) is 2.16. The number of rotatable bonds is 3. The molecule has 0 saturated heterocycles. The van der Waals surface area contributed by atoms with E-state index in [9.17, 15) is 0 Å². The molecule has 16 heavy (non-hydrogen) atoms. The van der Waals surface area contributed by atoms with E-state index in [1.165, 1.54) is 0 Å². The quantitative estimate of drug-likeness (QED) is 0.819. The molecule has 0 unspecified atom stereocenters. The number of pyridine rings is 1. The Labute approximate surface area is 98.3 Å². The third-order valence-corrected chi connectivity index (χ3v) is 2.38. The summed E-state index contributed by atoms with van der Waals surface area (Å²) >= 11 is 5.98. The van der Waals surface area contributed by atoms with E-state index in [1.54, 1.807) is 19.4 Å². The molecule has 0 aromatic carbocycles. The minimum Gasteiger partial charge on any atom is -0.378 e. The van der Waals surface area contributed by atoms with Crippen molar-refractivity contribution in [2.24, 2.45) is 0 Å². The molecule has 2 aromatic rings. The average Bonchev–Trinajstić information content (AvgIpc) is 2.33. The van der Waals surface area contributed by atoms with Crippen molar-refractivity contribution in [3.63, 3.8) is 0 Å². The third-order valence-electron chi connectivity index (χ3n) is 2.03. The molecular formula is C11H10ClN3O. The predicted octanol–water partition coefficient (Wildman–Crippen LogP) is 2.34. The van der Waals surface area contributed by atoms with E-state index in [0.717, 1.165) is 11.4 Å². The van der Waals surface area contributed by atoms with Crippen LogP contribution in [0.25, 0.3) is 11.4 Å². The number of hydrogen-bond donors (Lipinski definition) is 0. The first kappa shape index (κ1) is 11.0. The molecule has 0 saturated carbocycles. The first-order chi connectivity index (χ1) is 7.81. The molecule has 0 bridgehead atoms. The van der Waals surface area contributed by atoms with E-state index >= 15 is 0 Å². The van der Waals surface area contributed by atoms with E-state index in [0.29, 0.717) is 17.3 Å². The minimum atomic E-state index is 0.382. The summed E-state index contributed by atoms with van der Waals surface area (Å²) in [6.07, 6.45) is 1.62. The molecule has 0 N–H and O–H groups in total. The molecule has 2 rings (SSSR count). The van der Waals surface area contributed by atoms with Crippen LogP contribution in [0.2, 0.25) is 5.02 Å². The van der Waals surface area contributed by atoms with Crippen LogP contribution in [0.15, 0.2) is 30.5 Å². The van der Waals surface area contributed by atoms with Crippen molar-refractivity contribution in [2.45, 2.75) is 6.61 Å². The zero-order chi connectivity index (χ0) is 11.4. The molecule has 0 spiro atoms. The minimum absolute atomic E-state index is 0.382. The van der Waals surface area contributed by atoms with E-state index in [-0.39, 0.29) is 0 Å². The predicted molar refractivity (Wildman–Crippen MR) is 61.0 cm³/mol. The Bertz CT molecular complexity index is 476. The van der Waals surface area contributed by atoms with Gasteiger partial charge in [-0.25, -0.2) is 4.98 Å². The lowest BCUT2D eigenvalue weighted by Gasteiger charge is -2.04. The van der Waals surface area contributed by atoms with Gasteiger partial charge in [0.05, 0.1) is 23.0 Å². The standard InChI is InChI=1S/C11H10ClN3O/c1-16-7-11-8(12)4-5-9(14-11)10-3-2-6-13-15-10/h2-6H,7H2,1H3. The Kier molecular flexibility index (Phi) is 3.44. The number of nitrogens with zero attached hydrogens (tertiary/aromatic N) is 3. The van der Waals surface area contributed by atoms with Gasteiger partial charge in [0.1, 0.15) is 5.69 Å². The summed E-state index contributed by atoms with van der Waals surface area (Å²) in [5, 5.41) is 8.38. The van der Waals surface area contributed by atoms with Crippen LogP contribution >= 0.6 is 11.6 Å². The average molecular weight is 236 g/mol. The smallest absolute Gasteiger partial charge is 0.111 e. The Morgan fingerprint density at radius 2 is 2.12 bits per heavy atom. The lowest BCUT2D eigenvalue weighted by atomic mass is 10.2. The summed E-state index contributed by atoms with van der Waals surface area (Å²) in [4.78, 5) is 4.37. The summed E-state index contributed by atoms with van der Waals surface area (Å²) in [7, 11) is 1.60. The van der Waals surface area contributed by atoms with Gasteiger partial charge in [0.15, 0.2) is 0 Å². The van der Waals surface area contributed by atoms with Gasteiger partial charge in [0, 0.05) is 13.3 Å². The Morgan fingerprint density at radius 1 is 1.25 bits per heavy atom. The highest BCUT2D eigenvalue weighted by molar-refractivity contribution is 6.31. The van der Waals surface area contributed by atoms with Crippen LogP contribution in [-0.2, 0) is 11.3 Å². The molecule has 5 heteroatoms. The zero-order valence-electron chi connectivity index (χ0n) is 8.72. The van der Waals surface area contributed by atoms with Gasteiger partial charge >= 0.3 is 0 Å². The van der Waals surface area contributed by atoms with Gasteiger partial charge in [-0.2, -0.15) is 5.10 Å². The van der Waals surface area contributed by atoms with Gasteiger partial charge in [0.25, 0.3) is 0 Å². The van der Waals surface area contributed by atoms with Gasteiger partial charge in [-0.1, -0.05) is 11.6 Å². The number of halogens is 1. The number of aromatic nitrogens is 3. The molecule has 2 heterocycles. The maximum absolute atomic E-state index is 5.98. The summed E-state index contributed by atoms with van der Waals surface area (Å²) in [6, 6.07) is 7.26. The SMILES string of the molecule is COCc1nc(-c2cccnn2)ccc1Cl. The van der Waals surface area contributed by atoms with Gasteiger partial charge in [-0.05, 0) is 24.3 Å². The second kappa shape index (κ2) is 5.01. The highest BCUT2D eigenvalue weighted by Crippen LogP contribution is 2.20. The number of hydrogen-bond acceptors (Lipinski definition) is 4. The molecule has 0 aliphatic rings. The number of ether oxygens (including phenoxy) is 1. The summed E-state index contributed by atoms with van der Waals surface area (Å²) in [5.74, 6) is 0. The second-order valence-corrected chi connectivity index (χ2v) is 3.57. The summed E-state index contributed by atoms with van der Waals surface area (Å²) in [6.45, 7) is 0.382. The maximum Gasteiger partial charge on any atom is 0.111 e. The van der Waals surface area contributed by atoms with Gasteiger partial charge in [-0.15, -0.1) is 5.10 Å². The van der Waals surface area contributed by atoms with Crippen LogP contribution < -0.4 is 0 Å². The summed E-state index contributed by atoms with van der Waals surface area (Å²) < 4.78 is 5.02. The van der Waals surface area contributed by atoms with E-state index in [2.05, 4.69) is 15.2 Å². The highest BCUT2D eigenvalue weighted by Gasteiger charge is 2.06. The zero-order valence-corrected chi connectivity index (χ0v) is 9.48. The molecule has 2 aromatic heterocycles. The van der Waals surface area contributed by atoms with Crippen LogP contribution in [0.1, 0.15) is 5.69 Å². The normalized spacial score (nSPS) is 10.4. The van der Waals surface area contributed by atoms with E-state index < -0.39 is 0 Å². The third kappa shape index (κ3) is 2.35. The van der Waals surface area contributed by atoms with Crippen LogP contribution in [0.3, 0.4) is 0 Å². The maximum atomic E-state index is 5.98. The molecular weight excluding hydrogens is 226 g/mol. The van der Waals surface area contributed by atoms with Crippen molar-refractivity contribution in [1.29, 1.82) is 0 Å². The molecule has 0 radical (unpaired) electrons. The Morgan fingerprint density at radius 3 is 2.81 bits per heavy atom. The fourth-order valence-corrected chi connectivity index (χ4v) is 1.46. The fraction of sp³-hybridized carbons (Fsp3) is 0.182. The molecule has 0 atom stereocenters.